The first kappa shape index (κ1) is 16.0. The quantitative estimate of drug-likeness (QED) is 0.559. The Morgan fingerprint density at radius 1 is 1.20 bits per heavy atom. The fourth-order valence-corrected chi connectivity index (χ4v) is 3.43. The first-order chi connectivity index (χ1) is 9.62. The highest BCUT2D eigenvalue weighted by Crippen LogP contribution is 2.29. The van der Waals surface area contributed by atoms with Crippen molar-refractivity contribution in [2.24, 2.45) is 0 Å². The number of methoxy groups -OCH3 is 1. The average Bonchev–Trinajstić information content (AvgIpc) is 2.44. The molecule has 1 aliphatic heterocycles. The van der Waals surface area contributed by atoms with Gasteiger partial charge in [0.25, 0.3) is 0 Å². The van der Waals surface area contributed by atoms with Crippen LogP contribution < -0.4 is 4.74 Å². The first-order valence-corrected chi connectivity index (χ1v) is 8.65. The molecule has 2 rings (SSSR count). The lowest BCUT2D eigenvalue weighted by Crippen LogP contribution is -2.35. The van der Waals surface area contributed by atoms with E-state index < -0.39 is 0 Å². The fourth-order valence-electron chi connectivity index (χ4n) is 2.71. The molecule has 1 saturated heterocycles. The van der Waals surface area contributed by atoms with E-state index in [0.29, 0.717) is 0 Å². The molecule has 0 bridgehead atoms. The molecule has 0 aromatic heterocycles. The van der Waals surface area contributed by atoms with E-state index in [0.717, 1.165) is 23.0 Å². The van der Waals surface area contributed by atoms with Crippen LogP contribution in [0.5, 0.6) is 5.75 Å². The van der Waals surface area contributed by atoms with Crippen LogP contribution in [0.15, 0.2) is 24.3 Å². The van der Waals surface area contributed by atoms with E-state index in [4.69, 9.17) is 14.2 Å². The second kappa shape index (κ2) is 7.61. The van der Waals surface area contributed by atoms with E-state index in [1.807, 2.05) is 12.1 Å². The van der Waals surface area contributed by atoms with Crippen molar-refractivity contribution in [3.63, 3.8) is 0 Å². The predicted molar refractivity (Wildman–Crippen MR) is 88.7 cm³/mol. The van der Waals surface area contributed by atoms with Crippen LogP contribution in [0, 0.1) is 0 Å². The summed E-state index contributed by atoms with van der Waals surface area (Å²) < 4.78 is 18.2. The summed E-state index contributed by atoms with van der Waals surface area (Å²) in [5.41, 5.74) is 1.21. The second-order valence-corrected chi connectivity index (χ2v) is 6.28. The van der Waals surface area contributed by atoms with Crippen LogP contribution in [0.25, 0.3) is 0 Å². The molecule has 0 amide bonds. The third-order valence-electron chi connectivity index (χ3n) is 3.64. The molecule has 3 unspecified atom stereocenters. The monoisotopic (exact) mass is 390 g/mol. The van der Waals surface area contributed by atoms with Gasteiger partial charge in [-0.3, -0.25) is 0 Å². The molecule has 0 saturated carbocycles. The van der Waals surface area contributed by atoms with Gasteiger partial charge in [-0.05, 0) is 44.4 Å². The molecule has 0 aliphatic carbocycles. The number of rotatable bonds is 5. The maximum atomic E-state index is 6.31. The van der Waals surface area contributed by atoms with Crippen LogP contribution >= 0.6 is 22.6 Å². The Hall–Kier alpha value is -0.330. The molecule has 1 heterocycles. The predicted octanol–water partition coefficient (Wildman–Crippen LogP) is 4.14. The topological polar surface area (TPSA) is 27.7 Å². The van der Waals surface area contributed by atoms with Gasteiger partial charge < -0.3 is 14.2 Å². The molecule has 4 heteroatoms. The van der Waals surface area contributed by atoms with Crippen LogP contribution in [-0.4, -0.2) is 29.8 Å². The summed E-state index contributed by atoms with van der Waals surface area (Å²) in [4.78, 5) is 0. The normalized spacial score (nSPS) is 28.1. The minimum absolute atomic E-state index is 0.143. The van der Waals surface area contributed by atoms with Crippen molar-refractivity contribution in [3.05, 3.63) is 29.8 Å². The molecule has 20 heavy (non-hydrogen) atoms. The average molecular weight is 390 g/mol. The zero-order valence-corrected chi connectivity index (χ0v) is 14.5. The van der Waals surface area contributed by atoms with Gasteiger partial charge in [0, 0.05) is 4.43 Å². The Bertz CT molecular complexity index is 397. The molecule has 3 nitrogen and oxygen atoms in total. The Balaban J connectivity index is 2.00. The summed E-state index contributed by atoms with van der Waals surface area (Å²) in [6.45, 7) is 4.25. The zero-order chi connectivity index (χ0) is 14.5. The molecule has 1 aliphatic rings. The SMILES string of the molecule is COc1ccc(C(CI)OC2CC(C)OC(C)C2)cc1. The van der Waals surface area contributed by atoms with Crippen LogP contribution in [0.1, 0.15) is 38.4 Å². The maximum absolute atomic E-state index is 6.31. The molecular formula is C16H23IO3. The number of halogens is 1. The van der Waals surface area contributed by atoms with E-state index in [1.165, 1.54) is 5.56 Å². The lowest BCUT2D eigenvalue weighted by Gasteiger charge is -2.34. The number of ether oxygens (including phenoxy) is 3. The van der Waals surface area contributed by atoms with Gasteiger partial charge in [-0.2, -0.15) is 0 Å². The highest BCUT2D eigenvalue weighted by atomic mass is 127. The summed E-state index contributed by atoms with van der Waals surface area (Å²) in [7, 11) is 1.69. The Morgan fingerprint density at radius 2 is 1.80 bits per heavy atom. The first-order valence-electron chi connectivity index (χ1n) is 7.13. The molecule has 3 atom stereocenters. The van der Waals surface area contributed by atoms with E-state index in [9.17, 15) is 0 Å². The summed E-state index contributed by atoms with van der Waals surface area (Å²) >= 11 is 2.39. The number of benzene rings is 1. The van der Waals surface area contributed by atoms with Gasteiger partial charge in [-0.25, -0.2) is 0 Å². The van der Waals surface area contributed by atoms with Gasteiger partial charge in [-0.1, -0.05) is 34.7 Å². The van der Waals surface area contributed by atoms with Crippen LogP contribution in [0.2, 0.25) is 0 Å². The number of alkyl halides is 1. The second-order valence-electron chi connectivity index (χ2n) is 5.40. The van der Waals surface area contributed by atoms with Crippen LogP contribution in [0.4, 0.5) is 0 Å². The Kier molecular flexibility index (Phi) is 6.11. The van der Waals surface area contributed by atoms with Gasteiger partial charge in [0.05, 0.1) is 31.5 Å². The van der Waals surface area contributed by atoms with E-state index in [2.05, 4.69) is 48.6 Å². The summed E-state index contributed by atoms with van der Waals surface area (Å²) in [5, 5.41) is 0. The van der Waals surface area contributed by atoms with E-state index in [-0.39, 0.29) is 24.4 Å². The van der Waals surface area contributed by atoms with Crippen molar-refractivity contribution in [1.29, 1.82) is 0 Å². The van der Waals surface area contributed by atoms with Crippen molar-refractivity contribution in [2.75, 3.05) is 11.5 Å². The van der Waals surface area contributed by atoms with Crippen LogP contribution in [-0.2, 0) is 9.47 Å². The number of hydrogen-bond acceptors (Lipinski definition) is 3. The minimum atomic E-state index is 0.143. The summed E-state index contributed by atoms with van der Waals surface area (Å²) in [5.74, 6) is 0.884. The molecule has 0 N–H and O–H groups in total. The standard InChI is InChI=1S/C16H23IO3/c1-11-8-15(9-12(2)19-11)20-16(10-17)13-4-6-14(18-3)7-5-13/h4-7,11-12,15-16H,8-10H2,1-3H3. The third kappa shape index (κ3) is 4.33. The zero-order valence-electron chi connectivity index (χ0n) is 12.3. The van der Waals surface area contributed by atoms with Gasteiger partial charge >= 0.3 is 0 Å². The summed E-state index contributed by atoms with van der Waals surface area (Å²) in [6, 6.07) is 8.17. The smallest absolute Gasteiger partial charge is 0.118 e. The molecule has 0 spiro atoms. The highest BCUT2D eigenvalue weighted by Gasteiger charge is 2.27. The van der Waals surface area contributed by atoms with Gasteiger partial charge in [-0.15, -0.1) is 0 Å². The summed E-state index contributed by atoms with van der Waals surface area (Å²) in [6.07, 6.45) is 2.96. The highest BCUT2D eigenvalue weighted by molar-refractivity contribution is 14.1. The lowest BCUT2D eigenvalue weighted by atomic mass is 10.0. The van der Waals surface area contributed by atoms with Gasteiger partial charge in [0.15, 0.2) is 0 Å². The van der Waals surface area contributed by atoms with Crippen molar-refractivity contribution in [1.82, 2.24) is 0 Å². The molecule has 112 valence electrons. The van der Waals surface area contributed by atoms with Gasteiger partial charge in [0.1, 0.15) is 5.75 Å². The largest absolute Gasteiger partial charge is 0.497 e. The molecular weight excluding hydrogens is 367 g/mol. The Labute approximate surface area is 135 Å². The van der Waals surface area contributed by atoms with Gasteiger partial charge in [0.2, 0.25) is 0 Å². The van der Waals surface area contributed by atoms with Crippen molar-refractivity contribution in [2.45, 2.75) is 51.1 Å². The minimum Gasteiger partial charge on any atom is -0.497 e. The van der Waals surface area contributed by atoms with Crippen molar-refractivity contribution >= 4 is 22.6 Å². The number of hydrogen-bond donors (Lipinski definition) is 0. The Morgan fingerprint density at radius 3 is 2.30 bits per heavy atom. The molecule has 1 aromatic carbocycles. The molecule has 1 fully saturated rings. The fraction of sp³-hybridized carbons (Fsp3) is 0.625. The van der Waals surface area contributed by atoms with Crippen molar-refractivity contribution in [3.8, 4) is 5.75 Å². The third-order valence-corrected chi connectivity index (χ3v) is 4.44. The maximum Gasteiger partial charge on any atom is 0.118 e. The molecule has 0 radical (unpaired) electrons. The molecule has 1 aromatic rings. The van der Waals surface area contributed by atoms with Crippen molar-refractivity contribution < 1.29 is 14.2 Å². The lowest BCUT2D eigenvalue weighted by molar-refractivity contribution is -0.118. The van der Waals surface area contributed by atoms with E-state index in [1.54, 1.807) is 7.11 Å². The van der Waals surface area contributed by atoms with E-state index >= 15 is 0 Å². The van der Waals surface area contributed by atoms with Crippen LogP contribution in [0.3, 0.4) is 0 Å².